The van der Waals surface area contributed by atoms with Crippen molar-refractivity contribution < 1.29 is 9.53 Å². The van der Waals surface area contributed by atoms with Crippen LogP contribution in [0.5, 0.6) is 0 Å². The molecule has 8 nitrogen and oxygen atoms in total. The Morgan fingerprint density at radius 3 is 2.85 bits per heavy atom. The number of nitrogens with zero attached hydrogens (tertiary/aromatic N) is 5. The number of aromatic nitrogens is 4. The minimum atomic E-state index is -0.229. The van der Waals surface area contributed by atoms with Crippen LogP contribution in [0.15, 0.2) is 61.2 Å². The fraction of sp³-hybridized carbons (Fsp3) is 0.231. The number of carbonyl (C=O) groups excluding carboxylic acids is 1. The second kappa shape index (κ2) is 9.83. The molecule has 4 heterocycles. The number of hydrogen-bond acceptors (Lipinski definition) is 6. The van der Waals surface area contributed by atoms with Crippen molar-refractivity contribution in [2.75, 3.05) is 31.6 Å². The third-order valence-corrected chi connectivity index (χ3v) is 5.71. The molecular formula is C26H24N6O2. The van der Waals surface area contributed by atoms with E-state index in [1.807, 2.05) is 24.3 Å². The largest absolute Gasteiger partial charge is 0.379 e. The van der Waals surface area contributed by atoms with E-state index >= 15 is 0 Å². The number of imidazole rings is 1. The van der Waals surface area contributed by atoms with Crippen LogP contribution in [0.25, 0.3) is 5.65 Å². The number of amides is 1. The maximum absolute atomic E-state index is 12.8. The van der Waals surface area contributed by atoms with E-state index in [1.54, 1.807) is 29.2 Å². The van der Waals surface area contributed by atoms with E-state index in [1.165, 1.54) is 11.8 Å². The molecule has 1 amide bonds. The summed E-state index contributed by atoms with van der Waals surface area (Å²) in [5, 5.41) is 7.22. The molecule has 5 rings (SSSR count). The molecule has 1 aliphatic rings. The normalized spacial score (nSPS) is 13.9. The van der Waals surface area contributed by atoms with Crippen molar-refractivity contribution in [3.05, 3.63) is 89.1 Å². The number of rotatable bonds is 4. The monoisotopic (exact) mass is 452 g/mol. The molecule has 0 atom stereocenters. The third-order valence-electron chi connectivity index (χ3n) is 5.71. The summed E-state index contributed by atoms with van der Waals surface area (Å²) in [5.74, 6) is 5.87. The molecule has 0 aliphatic carbocycles. The molecule has 0 saturated carbocycles. The van der Waals surface area contributed by atoms with E-state index in [0.29, 0.717) is 16.8 Å². The van der Waals surface area contributed by atoms with Gasteiger partial charge in [0.05, 0.1) is 25.0 Å². The quantitative estimate of drug-likeness (QED) is 0.480. The van der Waals surface area contributed by atoms with Crippen LogP contribution in [0.2, 0.25) is 0 Å². The van der Waals surface area contributed by atoms with Gasteiger partial charge in [-0.05, 0) is 54.3 Å². The highest BCUT2D eigenvalue weighted by atomic mass is 16.5. The van der Waals surface area contributed by atoms with Crippen LogP contribution in [0.4, 0.5) is 5.69 Å². The standard InChI is InChI=1S/C26H24N6O2/c1-19-13-23(6-5-21(19)18-31-9-11-34-12-10-31)30-26(33)22-14-20(15-27-16-22)4-7-24-17-28-25-3-2-8-29-32(24)25/h2-3,5-6,8,13-17H,9-12,18H2,1H3,(H,30,33). The van der Waals surface area contributed by atoms with Gasteiger partial charge < -0.3 is 10.1 Å². The van der Waals surface area contributed by atoms with Gasteiger partial charge in [0.1, 0.15) is 5.69 Å². The first-order valence-corrected chi connectivity index (χ1v) is 11.1. The summed E-state index contributed by atoms with van der Waals surface area (Å²) in [7, 11) is 0. The summed E-state index contributed by atoms with van der Waals surface area (Å²) in [4.78, 5) is 23.7. The Kier molecular flexibility index (Phi) is 6.29. The smallest absolute Gasteiger partial charge is 0.257 e. The van der Waals surface area contributed by atoms with Crippen LogP contribution in [0, 0.1) is 18.8 Å². The first-order valence-electron chi connectivity index (χ1n) is 11.1. The Morgan fingerprint density at radius 2 is 2.00 bits per heavy atom. The average molecular weight is 453 g/mol. The van der Waals surface area contributed by atoms with Gasteiger partial charge in [-0.3, -0.25) is 14.7 Å². The number of fused-ring (bicyclic) bond motifs is 1. The Labute approximate surface area is 197 Å². The number of anilines is 1. The first kappa shape index (κ1) is 21.8. The Morgan fingerprint density at radius 1 is 1.12 bits per heavy atom. The molecule has 170 valence electrons. The van der Waals surface area contributed by atoms with Crippen LogP contribution >= 0.6 is 0 Å². The van der Waals surface area contributed by atoms with Crippen molar-refractivity contribution >= 4 is 17.2 Å². The zero-order chi connectivity index (χ0) is 23.3. The zero-order valence-corrected chi connectivity index (χ0v) is 18.9. The molecule has 1 aliphatic heterocycles. The van der Waals surface area contributed by atoms with E-state index in [0.717, 1.165) is 49.7 Å². The molecule has 1 saturated heterocycles. The molecule has 34 heavy (non-hydrogen) atoms. The van der Waals surface area contributed by atoms with Gasteiger partial charge in [0.2, 0.25) is 0 Å². The van der Waals surface area contributed by atoms with Gasteiger partial charge >= 0.3 is 0 Å². The molecule has 0 unspecified atom stereocenters. The van der Waals surface area contributed by atoms with Gasteiger partial charge in [0.25, 0.3) is 5.91 Å². The van der Waals surface area contributed by atoms with Crippen molar-refractivity contribution in [2.45, 2.75) is 13.5 Å². The lowest BCUT2D eigenvalue weighted by Gasteiger charge is -2.27. The molecule has 3 aromatic heterocycles. The van der Waals surface area contributed by atoms with Gasteiger partial charge in [-0.25, -0.2) is 9.50 Å². The van der Waals surface area contributed by atoms with Crippen LogP contribution in [0.1, 0.15) is 32.7 Å². The number of morpholine rings is 1. The summed E-state index contributed by atoms with van der Waals surface area (Å²) in [5.41, 5.74) is 5.61. The van der Waals surface area contributed by atoms with Crippen LogP contribution in [0.3, 0.4) is 0 Å². The number of benzene rings is 1. The molecule has 1 N–H and O–H groups in total. The molecular weight excluding hydrogens is 428 g/mol. The summed E-state index contributed by atoms with van der Waals surface area (Å²) >= 11 is 0. The van der Waals surface area contributed by atoms with Crippen molar-refractivity contribution in [3.63, 3.8) is 0 Å². The number of ether oxygens (including phenoxy) is 1. The van der Waals surface area contributed by atoms with Gasteiger partial charge in [-0.1, -0.05) is 12.0 Å². The Bertz CT molecular complexity index is 1400. The number of hydrogen-bond donors (Lipinski definition) is 1. The molecule has 1 fully saturated rings. The number of carbonyl (C=O) groups is 1. The molecule has 4 aromatic rings. The van der Waals surface area contributed by atoms with Gasteiger partial charge in [-0.2, -0.15) is 5.10 Å². The second-order valence-corrected chi connectivity index (χ2v) is 8.13. The van der Waals surface area contributed by atoms with Crippen molar-refractivity contribution in [2.24, 2.45) is 0 Å². The molecule has 0 spiro atoms. The molecule has 0 radical (unpaired) electrons. The van der Waals surface area contributed by atoms with Gasteiger partial charge in [-0.15, -0.1) is 0 Å². The van der Waals surface area contributed by atoms with E-state index < -0.39 is 0 Å². The van der Waals surface area contributed by atoms with Crippen LogP contribution in [-0.4, -0.2) is 56.7 Å². The van der Waals surface area contributed by atoms with Gasteiger partial charge in [0.15, 0.2) is 5.65 Å². The highest BCUT2D eigenvalue weighted by Crippen LogP contribution is 2.18. The zero-order valence-electron chi connectivity index (χ0n) is 18.9. The highest BCUT2D eigenvalue weighted by Gasteiger charge is 2.13. The average Bonchev–Trinajstić information content (AvgIpc) is 3.28. The molecule has 0 bridgehead atoms. The number of nitrogens with one attached hydrogen (secondary N) is 1. The lowest BCUT2D eigenvalue weighted by molar-refractivity contribution is 0.0341. The summed E-state index contributed by atoms with van der Waals surface area (Å²) in [6.07, 6.45) is 6.52. The van der Waals surface area contributed by atoms with E-state index in [2.05, 4.69) is 50.1 Å². The fourth-order valence-electron chi connectivity index (χ4n) is 3.84. The predicted molar refractivity (Wildman–Crippen MR) is 128 cm³/mol. The van der Waals surface area contributed by atoms with E-state index in [9.17, 15) is 4.79 Å². The number of pyridine rings is 1. The molecule has 1 aromatic carbocycles. The van der Waals surface area contributed by atoms with E-state index in [-0.39, 0.29) is 5.91 Å². The second-order valence-electron chi connectivity index (χ2n) is 8.13. The van der Waals surface area contributed by atoms with Crippen LogP contribution in [-0.2, 0) is 11.3 Å². The van der Waals surface area contributed by atoms with E-state index in [4.69, 9.17) is 4.74 Å². The fourth-order valence-corrected chi connectivity index (χ4v) is 3.84. The van der Waals surface area contributed by atoms with Crippen LogP contribution < -0.4 is 5.32 Å². The minimum absolute atomic E-state index is 0.229. The highest BCUT2D eigenvalue weighted by molar-refractivity contribution is 6.04. The lowest BCUT2D eigenvalue weighted by atomic mass is 10.1. The predicted octanol–water partition coefficient (Wildman–Crippen LogP) is 2.92. The minimum Gasteiger partial charge on any atom is -0.379 e. The van der Waals surface area contributed by atoms with Crippen molar-refractivity contribution in [1.29, 1.82) is 0 Å². The SMILES string of the molecule is Cc1cc(NC(=O)c2cncc(C#Cc3cnc4cccnn34)c2)ccc1CN1CCOCC1. The van der Waals surface area contributed by atoms with Crippen molar-refractivity contribution in [3.8, 4) is 11.8 Å². The third kappa shape index (κ3) is 4.96. The van der Waals surface area contributed by atoms with Gasteiger partial charge in [0, 0.05) is 49.5 Å². The Hall–Kier alpha value is -4.06. The lowest BCUT2D eigenvalue weighted by Crippen LogP contribution is -2.35. The van der Waals surface area contributed by atoms with Crippen molar-refractivity contribution in [1.82, 2.24) is 24.5 Å². The number of aryl methyl sites for hydroxylation is 1. The Balaban J connectivity index is 1.27. The maximum atomic E-state index is 12.8. The first-order chi connectivity index (χ1) is 16.7. The summed E-state index contributed by atoms with van der Waals surface area (Å²) < 4.78 is 7.09. The molecule has 8 heteroatoms. The summed E-state index contributed by atoms with van der Waals surface area (Å²) in [6.45, 7) is 6.39. The topological polar surface area (TPSA) is 84.7 Å². The summed E-state index contributed by atoms with van der Waals surface area (Å²) in [6, 6.07) is 11.4. The maximum Gasteiger partial charge on any atom is 0.257 e.